The summed E-state index contributed by atoms with van der Waals surface area (Å²) in [6, 6.07) is 4.05. The summed E-state index contributed by atoms with van der Waals surface area (Å²) in [7, 11) is 1.63. The van der Waals surface area contributed by atoms with E-state index in [0.29, 0.717) is 45.8 Å². The lowest BCUT2D eigenvalue weighted by Gasteiger charge is -2.24. The Bertz CT molecular complexity index is 1120. The molecule has 0 bridgehead atoms. The lowest BCUT2D eigenvalue weighted by atomic mass is 9.95. The number of hydrogen-bond donors (Lipinski definition) is 1. The number of aryl methyl sites for hydroxylation is 1. The predicted molar refractivity (Wildman–Crippen MR) is 133 cm³/mol. The summed E-state index contributed by atoms with van der Waals surface area (Å²) in [5.74, 6) is 0.370. The Morgan fingerprint density at radius 1 is 1.31 bits per heavy atom. The number of thiocarbonyl (C=S) groups is 1. The summed E-state index contributed by atoms with van der Waals surface area (Å²) in [4.78, 5) is 33.3. The largest absolute Gasteiger partial charge is 0.385 e. The highest BCUT2D eigenvalue weighted by Gasteiger charge is 2.32. The van der Waals surface area contributed by atoms with Gasteiger partial charge in [-0.3, -0.25) is 18.9 Å². The Morgan fingerprint density at radius 2 is 2.09 bits per heavy atom. The summed E-state index contributed by atoms with van der Waals surface area (Å²) >= 11 is 6.65. The van der Waals surface area contributed by atoms with Crippen LogP contribution in [0, 0.1) is 6.92 Å². The molecule has 4 rings (SSSR count). The average molecular weight is 473 g/mol. The van der Waals surface area contributed by atoms with Crippen molar-refractivity contribution in [2.75, 3.05) is 25.6 Å². The first kappa shape index (κ1) is 22.9. The summed E-state index contributed by atoms with van der Waals surface area (Å²) < 4.78 is 7.14. The number of thioether (sulfide) groups is 1. The highest BCUT2D eigenvalue weighted by Crippen LogP contribution is 2.33. The van der Waals surface area contributed by atoms with Crippen LogP contribution >= 0.6 is 24.0 Å². The summed E-state index contributed by atoms with van der Waals surface area (Å²) in [5, 5.41) is 3.51. The van der Waals surface area contributed by atoms with Crippen molar-refractivity contribution in [2.24, 2.45) is 0 Å². The average Bonchev–Trinajstić information content (AvgIpc) is 3.05. The predicted octanol–water partition coefficient (Wildman–Crippen LogP) is 3.99. The maximum absolute atomic E-state index is 13.5. The molecule has 9 heteroatoms. The Hall–Kier alpha value is -2.23. The highest BCUT2D eigenvalue weighted by molar-refractivity contribution is 8.26. The van der Waals surface area contributed by atoms with Gasteiger partial charge in [0.1, 0.15) is 15.8 Å². The molecule has 0 unspecified atom stereocenters. The number of carbonyl (C=O) groups is 1. The molecule has 3 heterocycles. The zero-order chi connectivity index (χ0) is 22.7. The SMILES string of the molecule is COCCCN1C(=O)/C(=C\c2c(NC3CCCCC3)nc3c(C)cccn3c2=O)SC1=S. The first-order valence-corrected chi connectivity index (χ1v) is 12.2. The van der Waals surface area contributed by atoms with Crippen molar-refractivity contribution in [3.05, 3.63) is 44.7 Å². The maximum Gasteiger partial charge on any atom is 0.267 e. The zero-order valence-electron chi connectivity index (χ0n) is 18.4. The number of methoxy groups -OCH3 is 1. The van der Waals surface area contributed by atoms with Gasteiger partial charge in [-0.2, -0.15) is 0 Å². The van der Waals surface area contributed by atoms with E-state index in [2.05, 4.69) is 5.32 Å². The molecule has 170 valence electrons. The number of anilines is 1. The summed E-state index contributed by atoms with van der Waals surface area (Å²) in [5.41, 5.74) is 1.75. The first-order chi connectivity index (χ1) is 15.5. The van der Waals surface area contributed by atoms with E-state index in [1.807, 2.05) is 19.1 Å². The molecule has 1 N–H and O–H groups in total. The van der Waals surface area contributed by atoms with E-state index in [0.717, 1.165) is 18.4 Å². The highest BCUT2D eigenvalue weighted by atomic mass is 32.2. The van der Waals surface area contributed by atoms with E-state index in [1.165, 1.54) is 31.0 Å². The number of pyridine rings is 1. The van der Waals surface area contributed by atoms with Crippen molar-refractivity contribution in [2.45, 2.75) is 51.5 Å². The van der Waals surface area contributed by atoms with Crippen LogP contribution in [0.1, 0.15) is 49.7 Å². The topological polar surface area (TPSA) is 75.9 Å². The second kappa shape index (κ2) is 10.1. The monoisotopic (exact) mass is 472 g/mol. The normalized spacial score (nSPS) is 18.8. The van der Waals surface area contributed by atoms with Crippen LogP contribution in [0.3, 0.4) is 0 Å². The molecule has 0 atom stereocenters. The standard InChI is InChI=1S/C23H28N4O3S2/c1-15-8-6-11-26-20(15)25-19(24-16-9-4-3-5-10-16)17(21(26)28)14-18-22(29)27(23(31)32-18)12-7-13-30-2/h6,8,11,14,16,24H,3-5,7,9-10,12-13H2,1-2H3/b18-14+. The van der Waals surface area contributed by atoms with Crippen LogP contribution in [0.2, 0.25) is 0 Å². The quantitative estimate of drug-likeness (QED) is 0.371. The van der Waals surface area contributed by atoms with E-state index in [9.17, 15) is 9.59 Å². The Labute approximate surface area is 197 Å². The minimum atomic E-state index is -0.193. The Balaban J connectivity index is 1.74. The molecule has 2 aromatic heterocycles. The molecular weight excluding hydrogens is 444 g/mol. The molecule has 0 radical (unpaired) electrons. The molecule has 1 saturated heterocycles. The number of nitrogens with one attached hydrogen (secondary N) is 1. The molecule has 2 fully saturated rings. The van der Waals surface area contributed by atoms with Gasteiger partial charge in [-0.25, -0.2) is 4.98 Å². The molecule has 2 aliphatic rings. The number of hydrogen-bond acceptors (Lipinski definition) is 7. The van der Waals surface area contributed by atoms with Crippen LogP contribution in [0.4, 0.5) is 5.82 Å². The van der Waals surface area contributed by atoms with Crippen molar-refractivity contribution < 1.29 is 9.53 Å². The molecule has 1 saturated carbocycles. The summed E-state index contributed by atoms with van der Waals surface area (Å²) in [6.07, 6.45) is 9.75. The van der Waals surface area contributed by atoms with Gasteiger partial charge in [-0.15, -0.1) is 0 Å². The number of nitrogens with zero attached hydrogens (tertiary/aromatic N) is 3. The smallest absolute Gasteiger partial charge is 0.267 e. The third-order valence-corrected chi connectivity index (χ3v) is 7.29. The Morgan fingerprint density at radius 3 is 2.84 bits per heavy atom. The summed E-state index contributed by atoms with van der Waals surface area (Å²) in [6.45, 7) is 3.00. The van der Waals surface area contributed by atoms with Gasteiger partial charge in [-0.05, 0) is 43.9 Å². The fraction of sp³-hybridized carbons (Fsp3) is 0.478. The second-order valence-corrected chi connectivity index (χ2v) is 9.90. The van der Waals surface area contributed by atoms with Gasteiger partial charge in [0.15, 0.2) is 0 Å². The molecular formula is C23H28N4O3S2. The molecule has 7 nitrogen and oxygen atoms in total. The third kappa shape index (κ3) is 4.74. The van der Waals surface area contributed by atoms with Crippen molar-refractivity contribution in [1.29, 1.82) is 0 Å². The van der Waals surface area contributed by atoms with Crippen LogP contribution < -0.4 is 10.9 Å². The van der Waals surface area contributed by atoms with Gasteiger partial charge < -0.3 is 10.1 Å². The van der Waals surface area contributed by atoms with Gasteiger partial charge in [0.25, 0.3) is 11.5 Å². The molecule has 32 heavy (non-hydrogen) atoms. The molecule has 1 amide bonds. The van der Waals surface area contributed by atoms with Crippen LogP contribution in [0.25, 0.3) is 11.7 Å². The minimum Gasteiger partial charge on any atom is -0.385 e. The van der Waals surface area contributed by atoms with Crippen molar-refractivity contribution in [3.63, 3.8) is 0 Å². The second-order valence-electron chi connectivity index (χ2n) is 8.22. The van der Waals surface area contributed by atoms with Gasteiger partial charge >= 0.3 is 0 Å². The number of fused-ring (bicyclic) bond motifs is 1. The van der Waals surface area contributed by atoms with E-state index < -0.39 is 0 Å². The van der Waals surface area contributed by atoms with E-state index >= 15 is 0 Å². The number of amides is 1. The number of aromatic nitrogens is 2. The number of carbonyl (C=O) groups excluding carboxylic acids is 1. The van der Waals surface area contributed by atoms with Gasteiger partial charge in [0, 0.05) is 32.5 Å². The maximum atomic E-state index is 13.5. The lowest BCUT2D eigenvalue weighted by molar-refractivity contribution is -0.122. The fourth-order valence-electron chi connectivity index (χ4n) is 4.18. The van der Waals surface area contributed by atoms with Gasteiger partial charge in [0.2, 0.25) is 0 Å². The van der Waals surface area contributed by atoms with E-state index in [4.69, 9.17) is 21.9 Å². The van der Waals surface area contributed by atoms with E-state index in [1.54, 1.807) is 28.7 Å². The molecule has 2 aromatic rings. The van der Waals surface area contributed by atoms with Gasteiger partial charge in [-0.1, -0.05) is 49.3 Å². The Kier molecular flexibility index (Phi) is 7.27. The van der Waals surface area contributed by atoms with Crippen molar-refractivity contribution in [1.82, 2.24) is 14.3 Å². The van der Waals surface area contributed by atoms with Crippen LogP contribution in [0.5, 0.6) is 0 Å². The van der Waals surface area contributed by atoms with Crippen molar-refractivity contribution >= 4 is 51.7 Å². The fourth-order valence-corrected chi connectivity index (χ4v) is 5.47. The molecule has 1 aliphatic carbocycles. The first-order valence-electron chi connectivity index (χ1n) is 11.0. The van der Waals surface area contributed by atoms with Crippen LogP contribution in [-0.2, 0) is 9.53 Å². The number of rotatable bonds is 7. The lowest BCUT2D eigenvalue weighted by Crippen LogP contribution is -2.30. The van der Waals surface area contributed by atoms with Crippen molar-refractivity contribution in [3.8, 4) is 0 Å². The van der Waals surface area contributed by atoms with Crippen LogP contribution in [-0.4, -0.2) is 50.8 Å². The molecule has 0 aromatic carbocycles. The third-order valence-electron chi connectivity index (χ3n) is 5.91. The van der Waals surface area contributed by atoms with E-state index in [-0.39, 0.29) is 17.5 Å². The van der Waals surface area contributed by atoms with Gasteiger partial charge in [0.05, 0.1) is 10.5 Å². The number of ether oxygens (including phenoxy) is 1. The molecule has 1 aliphatic heterocycles. The minimum absolute atomic E-state index is 0.173. The van der Waals surface area contributed by atoms with Crippen LogP contribution in [0.15, 0.2) is 28.0 Å². The molecule has 0 spiro atoms. The zero-order valence-corrected chi connectivity index (χ0v) is 20.1.